The Morgan fingerprint density at radius 3 is 3.21 bits per heavy atom. The van der Waals surface area contributed by atoms with Crippen LogP contribution in [0.5, 0.6) is 0 Å². The van der Waals surface area contributed by atoms with Gasteiger partial charge in [0.05, 0.1) is 12.7 Å². The summed E-state index contributed by atoms with van der Waals surface area (Å²) in [5.41, 5.74) is 1.38. The van der Waals surface area contributed by atoms with Crippen LogP contribution >= 0.6 is 0 Å². The van der Waals surface area contributed by atoms with Gasteiger partial charge >= 0.3 is 0 Å². The molecule has 1 unspecified atom stereocenters. The molecule has 1 aliphatic carbocycles. The second-order valence-corrected chi connectivity index (χ2v) is 4.50. The average Bonchev–Trinajstić information content (AvgIpc) is 2.60. The van der Waals surface area contributed by atoms with Gasteiger partial charge in [-0.3, -0.25) is 4.79 Å². The van der Waals surface area contributed by atoms with Crippen molar-refractivity contribution in [2.24, 2.45) is 11.8 Å². The first-order valence-corrected chi connectivity index (χ1v) is 5.22. The van der Waals surface area contributed by atoms with Crippen molar-refractivity contribution in [3.05, 3.63) is 11.6 Å². The Morgan fingerprint density at radius 1 is 1.50 bits per heavy atom. The summed E-state index contributed by atoms with van der Waals surface area (Å²) < 4.78 is 10.8. The first-order chi connectivity index (χ1) is 6.75. The number of ether oxygens (including phenoxy) is 2. The molecule has 0 radical (unpaired) electrons. The van der Waals surface area contributed by atoms with Gasteiger partial charge in [0.2, 0.25) is 6.29 Å². The molecule has 14 heavy (non-hydrogen) atoms. The van der Waals surface area contributed by atoms with Crippen molar-refractivity contribution < 1.29 is 14.3 Å². The normalized spacial score (nSPS) is 46.1. The van der Waals surface area contributed by atoms with E-state index in [0.717, 1.165) is 12.8 Å². The second-order valence-electron chi connectivity index (χ2n) is 4.50. The van der Waals surface area contributed by atoms with E-state index in [0.29, 0.717) is 12.5 Å². The number of ketones is 1. The Balaban J connectivity index is 1.93. The summed E-state index contributed by atoms with van der Waals surface area (Å²) in [6.07, 6.45) is 3.68. The monoisotopic (exact) mass is 194 g/mol. The molecule has 0 saturated carbocycles. The van der Waals surface area contributed by atoms with E-state index in [4.69, 9.17) is 9.47 Å². The van der Waals surface area contributed by atoms with Gasteiger partial charge in [-0.1, -0.05) is 11.6 Å². The van der Waals surface area contributed by atoms with Gasteiger partial charge in [0.25, 0.3) is 0 Å². The summed E-state index contributed by atoms with van der Waals surface area (Å²) in [6, 6.07) is 0. The summed E-state index contributed by atoms with van der Waals surface area (Å²) in [4.78, 5) is 11.8. The number of carbonyl (C=O) groups excluding carboxylic acids is 1. The molecule has 3 rings (SSSR count). The summed E-state index contributed by atoms with van der Waals surface area (Å²) >= 11 is 0. The van der Waals surface area contributed by atoms with Gasteiger partial charge in [-0.25, -0.2) is 0 Å². The Bertz CT molecular complexity index is 308. The number of hydrogen-bond acceptors (Lipinski definition) is 3. The fourth-order valence-corrected chi connectivity index (χ4v) is 2.79. The third-order valence-corrected chi connectivity index (χ3v) is 3.58. The largest absolute Gasteiger partial charge is 0.343 e. The molecule has 0 aromatic rings. The van der Waals surface area contributed by atoms with Crippen LogP contribution in [0.4, 0.5) is 0 Å². The van der Waals surface area contributed by atoms with Crippen LogP contribution in [0, 0.1) is 11.8 Å². The molecule has 2 fully saturated rings. The Labute approximate surface area is 83.1 Å². The first-order valence-electron chi connectivity index (χ1n) is 5.22. The zero-order chi connectivity index (χ0) is 9.71. The highest BCUT2D eigenvalue weighted by Crippen LogP contribution is 2.41. The highest BCUT2D eigenvalue weighted by molar-refractivity contribution is 5.86. The van der Waals surface area contributed by atoms with E-state index in [-0.39, 0.29) is 17.8 Å². The molecule has 0 N–H and O–H groups in total. The van der Waals surface area contributed by atoms with Gasteiger partial charge in [0, 0.05) is 11.8 Å². The van der Waals surface area contributed by atoms with E-state index in [1.165, 1.54) is 5.57 Å². The average molecular weight is 194 g/mol. The van der Waals surface area contributed by atoms with E-state index < -0.39 is 6.29 Å². The molecule has 2 bridgehead atoms. The lowest BCUT2D eigenvalue weighted by Gasteiger charge is -2.36. The van der Waals surface area contributed by atoms with Crippen molar-refractivity contribution in [1.82, 2.24) is 0 Å². The van der Waals surface area contributed by atoms with Crippen molar-refractivity contribution in [2.75, 3.05) is 6.61 Å². The molecule has 3 aliphatic rings. The zero-order valence-electron chi connectivity index (χ0n) is 8.23. The third-order valence-electron chi connectivity index (χ3n) is 3.58. The van der Waals surface area contributed by atoms with Crippen LogP contribution in [0.3, 0.4) is 0 Å². The highest BCUT2D eigenvalue weighted by atomic mass is 16.7. The van der Waals surface area contributed by atoms with Crippen molar-refractivity contribution in [3.8, 4) is 0 Å². The van der Waals surface area contributed by atoms with Gasteiger partial charge in [-0.15, -0.1) is 0 Å². The number of allylic oxidation sites excluding steroid dienone is 2. The molecule has 0 spiro atoms. The fraction of sp³-hybridized carbons (Fsp3) is 0.727. The van der Waals surface area contributed by atoms with Crippen molar-refractivity contribution >= 4 is 5.78 Å². The predicted molar refractivity (Wildman–Crippen MR) is 49.6 cm³/mol. The SMILES string of the molecule is CC1=CC[C@H]2C(=O)[C@@H]3OC[C@@H](O3)C2C1. The fourth-order valence-electron chi connectivity index (χ4n) is 2.79. The zero-order valence-corrected chi connectivity index (χ0v) is 8.23. The summed E-state index contributed by atoms with van der Waals surface area (Å²) in [5.74, 6) is 0.684. The van der Waals surface area contributed by atoms with Crippen LogP contribution in [0.15, 0.2) is 11.6 Å². The molecule has 0 aromatic heterocycles. The van der Waals surface area contributed by atoms with E-state index in [1.807, 2.05) is 0 Å². The molecule has 2 heterocycles. The molecule has 0 amide bonds. The molecule has 2 aliphatic heterocycles. The molecule has 3 nitrogen and oxygen atoms in total. The van der Waals surface area contributed by atoms with Crippen molar-refractivity contribution in [1.29, 1.82) is 0 Å². The van der Waals surface area contributed by atoms with Crippen LogP contribution in [-0.4, -0.2) is 24.8 Å². The van der Waals surface area contributed by atoms with E-state index >= 15 is 0 Å². The molecular weight excluding hydrogens is 180 g/mol. The standard InChI is InChI=1S/C11H14O3/c1-6-2-3-7-8(4-6)9-5-13-11(14-9)10(7)12/h2,7-9,11H,3-5H2,1H3/t7-,8?,9-,11-/m1/s1. The number of Topliss-reactive ketones (excluding diaryl/α,β-unsaturated/α-hetero) is 1. The van der Waals surface area contributed by atoms with Crippen molar-refractivity contribution in [2.45, 2.75) is 32.2 Å². The maximum absolute atomic E-state index is 11.8. The van der Waals surface area contributed by atoms with Gasteiger partial charge in [0.15, 0.2) is 5.78 Å². The van der Waals surface area contributed by atoms with Crippen molar-refractivity contribution in [3.63, 3.8) is 0 Å². The molecule has 0 aromatic carbocycles. The quantitative estimate of drug-likeness (QED) is 0.545. The molecule has 3 heteroatoms. The highest BCUT2D eigenvalue weighted by Gasteiger charge is 2.49. The Hall–Kier alpha value is -0.670. The molecule has 2 saturated heterocycles. The number of hydrogen-bond donors (Lipinski definition) is 0. The molecule has 76 valence electrons. The van der Waals surface area contributed by atoms with E-state index in [2.05, 4.69) is 13.0 Å². The number of fused-ring (bicyclic) bond motifs is 4. The minimum absolute atomic E-state index is 0.157. The van der Waals surface area contributed by atoms with Crippen LogP contribution < -0.4 is 0 Å². The van der Waals surface area contributed by atoms with E-state index in [9.17, 15) is 4.79 Å². The summed E-state index contributed by atoms with van der Waals surface area (Å²) in [7, 11) is 0. The minimum atomic E-state index is -0.548. The predicted octanol–water partition coefficient (Wildman–Crippen LogP) is 1.28. The lowest BCUT2D eigenvalue weighted by molar-refractivity contribution is -0.165. The topological polar surface area (TPSA) is 35.5 Å². The maximum Gasteiger partial charge on any atom is 0.218 e. The summed E-state index contributed by atoms with van der Waals surface area (Å²) in [5, 5.41) is 0. The van der Waals surface area contributed by atoms with Gasteiger partial charge in [-0.2, -0.15) is 0 Å². The first kappa shape index (κ1) is 8.62. The van der Waals surface area contributed by atoms with Crippen LogP contribution in [0.2, 0.25) is 0 Å². The molecular formula is C11H14O3. The minimum Gasteiger partial charge on any atom is -0.343 e. The lowest BCUT2D eigenvalue weighted by Crippen LogP contribution is -2.44. The van der Waals surface area contributed by atoms with Crippen LogP contribution in [0.25, 0.3) is 0 Å². The second kappa shape index (κ2) is 2.91. The third kappa shape index (κ3) is 1.09. The summed E-state index contributed by atoms with van der Waals surface area (Å²) in [6.45, 7) is 2.73. The Kier molecular flexibility index (Phi) is 1.79. The van der Waals surface area contributed by atoms with E-state index in [1.54, 1.807) is 0 Å². The lowest BCUT2D eigenvalue weighted by atomic mass is 9.74. The number of carbonyl (C=O) groups is 1. The number of rotatable bonds is 0. The van der Waals surface area contributed by atoms with Gasteiger partial charge < -0.3 is 9.47 Å². The van der Waals surface area contributed by atoms with Gasteiger partial charge in [0.1, 0.15) is 0 Å². The smallest absolute Gasteiger partial charge is 0.218 e. The maximum atomic E-state index is 11.8. The molecule has 4 atom stereocenters. The van der Waals surface area contributed by atoms with Gasteiger partial charge in [-0.05, 0) is 19.8 Å². The van der Waals surface area contributed by atoms with Crippen LogP contribution in [-0.2, 0) is 14.3 Å². The Morgan fingerprint density at radius 2 is 2.36 bits per heavy atom. The van der Waals surface area contributed by atoms with Crippen LogP contribution in [0.1, 0.15) is 19.8 Å².